The van der Waals surface area contributed by atoms with Gasteiger partial charge >= 0.3 is 249 Å². The molecule has 14 atom stereocenters. The minimum absolute atomic E-state index is 0.184. The van der Waals surface area contributed by atoms with Gasteiger partial charge in [-0.1, -0.05) is 0 Å². The molecule has 0 radical (unpaired) electrons. The number of cyclic esters (lactones) is 1. The first-order valence-electron chi connectivity index (χ1n) is 14.5. The summed E-state index contributed by atoms with van der Waals surface area (Å²) in [5.41, 5.74) is -3.30. The summed E-state index contributed by atoms with van der Waals surface area (Å²) in [6.07, 6.45) is -5.86. The second-order valence-corrected chi connectivity index (χ2v) is 13.8. The topological polar surface area (TPSA) is 149 Å². The van der Waals surface area contributed by atoms with Crippen LogP contribution in [0.2, 0.25) is 0 Å². The van der Waals surface area contributed by atoms with E-state index in [0.29, 0.717) is 6.42 Å². The molecule has 2 saturated heterocycles. The Bertz CT molecular complexity index is 868. The number of hydrogen-bond acceptors (Lipinski definition) is 10. The maximum atomic E-state index is 13.2. The first-order chi connectivity index (χ1) is 18.3. The predicted octanol–water partition coefficient (Wildman–Crippen LogP) is 1.01. The van der Waals surface area contributed by atoms with Gasteiger partial charge in [-0.2, -0.15) is 0 Å². The molecule has 2 aliphatic heterocycles. The molecular weight excluding hydrogens is 557 g/mol. The Morgan fingerprint density at radius 1 is 1.02 bits per heavy atom. The zero-order valence-corrected chi connectivity index (χ0v) is 27.2. The number of likely N-dealkylation sites (N-methyl/N-ethyl adjacent to an activating group) is 1. The third-order valence-corrected chi connectivity index (χ3v) is 10.4. The standard InChI is InChI=1S/C29H53NO9.V/c1-11-21-29(8,36)24(33)16(3)12-15(2)14-28(7,35)25(18(5)22(31)19(6)26(34)38-21)39-27-23(32)20(30(9)10)13-17(4)37-27;/h15-25,27,31-33,35-36H,11,13-14H2,1-10H3;/t15-,16-,17+,18-,19+,20-,21+,22-,23+,24+,25+,27-,28-,29+;/m0./s1. The van der Waals surface area contributed by atoms with Crippen LogP contribution in [0.15, 0.2) is 0 Å². The van der Waals surface area contributed by atoms with Crippen molar-refractivity contribution in [3.8, 4) is 0 Å². The molecule has 10 nitrogen and oxygen atoms in total. The van der Waals surface area contributed by atoms with Gasteiger partial charge in [-0.05, 0) is 0 Å². The number of ether oxygens (including phenoxy) is 3. The second-order valence-electron chi connectivity index (χ2n) is 12.9. The monoisotopic (exact) mass is 610 g/mol. The Morgan fingerprint density at radius 3 is 2.12 bits per heavy atom. The molecular formula is C29H53NO9V. The molecule has 0 amide bonds. The summed E-state index contributed by atoms with van der Waals surface area (Å²) in [6.45, 7) is 13.6. The van der Waals surface area contributed by atoms with E-state index < -0.39 is 71.7 Å². The van der Waals surface area contributed by atoms with Crippen molar-refractivity contribution in [2.24, 2.45) is 23.7 Å². The van der Waals surface area contributed by atoms with Crippen molar-refractivity contribution >= 4 is 10.2 Å². The average molecular weight is 611 g/mol. The number of esters is 1. The summed E-state index contributed by atoms with van der Waals surface area (Å²) in [5.74, 6) is -3.31. The van der Waals surface area contributed by atoms with Gasteiger partial charge in [0, 0.05) is 0 Å². The van der Waals surface area contributed by atoms with E-state index in [1.807, 2.05) is 32.8 Å². The van der Waals surface area contributed by atoms with Crippen molar-refractivity contribution in [2.45, 2.75) is 135 Å². The maximum absolute atomic E-state index is 13.2. The van der Waals surface area contributed by atoms with E-state index in [9.17, 15) is 30.3 Å². The fraction of sp³-hybridized carbons (Fsp3) is 0.931. The molecule has 2 heterocycles. The summed E-state index contributed by atoms with van der Waals surface area (Å²) in [4.78, 5) is 15.1. The molecule has 0 saturated carbocycles. The molecule has 2 rings (SSSR count). The van der Waals surface area contributed by atoms with Gasteiger partial charge in [-0.25, -0.2) is 0 Å². The zero-order chi connectivity index (χ0) is 30.9. The SMILES string of the molecule is CC[C@H]1OC(=O)[C@H](C)[C@@H](O)[C@H](C)[C@@H](O[C@@H]2O[C@H](C)C[C@H](N(C)C)[C@H]2O)[C@@](C)(O)C[C@@H](C)[C](=[V])[C@H](C)[C@@H](O)[C@]1(C)O. The van der Waals surface area contributed by atoms with Crippen LogP contribution < -0.4 is 0 Å². The Balaban J connectivity index is 2.55. The Hall–Kier alpha value is -0.396. The molecule has 0 unspecified atom stereocenters. The summed E-state index contributed by atoms with van der Waals surface area (Å²) >= 11 is 2.45. The van der Waals surface area contributed by atoms with Crippen LogP contribution in [0.1, 0.15) is 74.7 Å². The van der Waals surface area contributed by atoms with Gasteiger partial charge in [0.15, 0.2) is 0 Å². The number of carbonyl (C=O) groups excluding carboxylic acids is 1. The van der Waals surface area contributed by atoms with E-state index in [1.54, 1.807) is 27.7 Å². The minimum atomic E-state index is -1.75. The van der Waals surface area contributed by atoms with Crippen molar-refractivity contribution in [1.29, 1.82) is 0 Å². The van der Waals surface area contributed by atoms with E-state index in [0.717, 1.165) is 4.23 Å². The molecule has 233 valence electrons. The second kappa shape index (κ2) is 13.9. The number of nitrogens with zero attached hydrogens (tertiary/aromatic N) is 1. The molecule has 0 bridgehead atoms. The Labute approximate surface area is 248 Å². The van der Waals surface area contributed by atoms with Crippen molar-refractivity contribution in [1.82, 2.24) is 4.90 Å². The van der Waals surface area contributed by atoms with E-state index in [2.05, 4.69) is 17.0 Å². The fourth-order valence-electron chi connectivity index (χ4n) is 6.42. The number of aliphatic hydroxyl groups excluding tert-OH is 3. The van der Waals surface area contributed by atoms with Gasteiger partial charge in [-0.15, -0.1) is 0 Å². The van der Waals surface area contributed by atoms with Crippen molar-refractivity contribution in [2.75, 3.05) is 14.1 Å². The van der Waals surface area contributed by atoms with Crippen LogP contribution in [-0.4, -0.2) is 115 Å². The molecule has 2 aliphatic rings. The first-order valence-corrected chi connectivity index (χ1v) is 15.2. The number of rotatable bonds is 4. The molecule has 0 aromatic heterocycles. The number of hydrogen-bond donors (Lipinski definition) is 5. The van der Waals surface area contributed by atoms with E-state index in [4.69, 9.17) is 14.2 Å². The molecule has 0 aromatic rings. The number of aliphatic hydroxyl groups is 5. The molecule has 11 heteroatoms. The molecule has 0 aliphatic carbocycles. The van der Waals surface area contributed by atoms with Crippen LogP contribution in [0.5, 0.6) is 0 Å². The summed E-state index contributed by atoms with van der Waals surface area (Å²) in [7, 11) is 3.74. The normalized spacial score (nSPS) is 48.5. The Kier molecular flexibility index (Phi) is 12.5. The average Bonchev–Trinajstić information content (AvgIpc) is 2.87. The van der Waals surface area contributed by atoms with Crippen molar-refractivity contribution in [3.05, 3.63) is 0 Å². The van der Waals surface area contributed by atoms with Gasteiger partial charge in [0.1, 0.15) is 0 Å². The van der Waals surface area contributed by atoms with Gasteiger partial charge in [0.05, 0.1) is 0 Å². The molecule has 0 aromatic carbocycles. The zero-order valence-electron chi connectivity index (χ0n) is 25.8. The molecule has 2 fully saturated rings. The van der Waals surface area contributed by atoms with Gasteiger partial charge in [0.2, 0.25) is 0 Å². The van der Waals surface area contributed by atoms with E-state index >= 15 is 0 Å². The molecule has 5 N–H and O–H groups in total. The predicted molar refractivity (Wildman–Crippen MR) is 147 cm³/mol. The van der Waals surface area contributed by atoms with Crippen molar-refractivity contribution < 1.29 is 61.5 Å². The molecule has 40 heavy (non-hydrogen) atoms. The van der Waals surface area contributed by atoms with Crippen LogP contribution in [0.3, 0.4) is 0 Å². The van der Waals surface area contributed by atoms with Crippen LogP contribution in [0.25, 0.3) is 0 Å². The third-order valence-electron chi connectivity index (χ3n) is 9.11. The van der Waals surface area contributed by atoms with Gasteiger partial charge < -0.3 is 0 Å². The summed E-state index contributed by atoms with van der Waals surface area (Å²) < 4.78 is 18.8. The van der Waals surface area contributed by atoms with Crippen LogP contribution >= 0.6 is 0 Å². The van der Waals surface area contributed by atoms with Crippen LogP contribution in [0.4, 0.5) is 0 Å². The quantitative estimate of drug-likeness (QED) is 0.292. The first kappa shape index (κ1) is 35.8. The third kappa shape index (κ3) is 7.76. The Morgan fingerprint density at radius 2 is 1.60 bits per heavy atom. The van der Waals surface area contributed by atoms with E-state index in [1.165, 1.54) is 13.8 Å². The fourth-order valence-corrected chi connectivity index (χ4v) is 6.78. The van der Waals surface area contributed by atoms with Gasteiger partial charge in [-0.3, -0.25) is 0 Å². The summed E-state index contributed by atoms with van der Waals surface area (Å²) in [6, 6.07) is -0.237. The van der Waals surface area contributed by atoms with Crippen LogP contribution in [-0.2, 0) is 36.0 Å². The van der Waals surface area contributed by atoms with Crippen molar-refractivity contribution in [3.63, 3.8) is 0 Å². The summed E-state index contributed by atoms with van der Waals surface area (Å²) in [5, 5.41) is 57.0. The van der Waals surface area contributed by atoms with Gasteiger partial charge in [0.25, 0.3) is 0 Å². The van der Waals surface area contributed by atoms with Crippen LogP contribution in [0, 0.1) is 23.7 Å². The number of carbonyl (C=O) groups is 1. The molecule has 0 spiro atoms. The van der Waals surface area contributed by atoms with E-state index in [-0.39, 0.29) is 30.9 Å².